The molecule has 8 N–H and O–H groups in total. The molecular formula is C18H25N3O8. The fraction of sp³-hybridized carbons (Fsp3) is 0.444. The third-order valence-electron chi connectivity index (χ3n) is 4.09. The van der Waals surface area contributed by atoms with Gasteiger partial charge in [0.1, 0.15) is 23.9 Å². The Kier molecular flexibility index (Phi) is 9.03. The minimum Gasteiger partial charge on any atom is -0.508 e. The zero-order chi connectivity index (χ0) is 22.1. The van der Waals surface area contributed by atoms with Crippen LogP contribution in [0.25, 0.3) is 0 Å². The highest BCUT2D eigenvalue weighted by molar-refractivity contribution is 5.92. The molecule has 0 aromatic heterocycles. The average molecular weight is 411 g/mol. The molecule has 29 heavy (non-hydrogen) atoms. The first-order valence-corrected chi connectivity index (χ1v) is 8.78. The molecule has 0 saturated carbocycles. The molecule has 0 spiro atoms. The number of phenolic OH excluding ortho intramolecular Hbond substituents is 1. The van der Waals surface area contributed by atoms with Crippen molar-refractivity contribution in [3.8, 4) is 5.75 Å². The zero-order valence-electron chi connectivity index (χ0n) is 15.7. The molecule has 0 aliphatic heterocycles. The Morgan fingerprint density at radius 1 is 1.00 bits per heavy atom. The van der Waals surface area contributed by atoms with Gasteiger partial charge in [-0.2, -0.15) is 0 Å². The van der Waals surface area contributed by atoms with Crippen LogP contribution in [0, 0.1) is 0 Å². The standard InChI is InChI=1S/C18H25N3O8/c1-9(22)15(19)17(27)20-12(6-7-14(24)25)16(26)21-13(18(28)29)8-10-2-4-11(23)5-3-10/h2-5,9,12-13,15,22-23H,6-8,19H2,1H3,(H,20,27)(H,21,26)(H,24,25)(H,28,29). The molecule has 2 amide bonds. The number of carbonyl (C=O) groups is 4. The number of benzene rings is 1. The van der Waals surface area contributed by atoms with Crippen LogP contribution >= 0.6 is 0 Å². The van der Waals surface area contributed by atoms with Crippen LogP contribution in [-0.2, 0) is 25.6 Å². The summed E-state index contributed by atoms with van der Waals surface area (Å²) in [5.41, 5.74) is 6.03. The number of aliphatic hydroxyl groups excluding tert-OH is 1. The van der Waals surface area contributed by atoms with Gasteiger partial charge in [-0.3, -0.25) is 14.4 Å². The van der Waals surface area contributed by atoms with Crippen molar-refractivity contribution in [1.29, 1.82) is 0 Å². The minimum atomic E-state index is -1.36. The lowest BCUT2D eigenvalue weighted by atomic mass is 10.0. The van der Waals surface area contributed by atoms with Gasteiger partial charge in [-0.25, -0.2) is 4.79 Å². The van der Waals surface area contributed by atoms with E-state index < -0.39 is 54.4 Å². The topological polar surface area (TPSA) is 199 Å². The summed E-state index contributed by atoms with van der Waals surface area (Å²) in [5, 5.41) is 41.4. The number of nitrogens with two attached hydrogens (primary N) is 1. The Labute approximate surface area is 166 Å². The van der Waals surface area contributed by atoms with Crippen molar-refractivity contribution in [2.75, 3.05) is 0 Å². The molecule has 1 rings (SSSR count). The van der Waals surface area contributed by atoms with E-state index in [4.69, 9.17) is 10.8 Å². The molecule has 0 fully saturated rings. The molecule has 0 radical (unpaired) electrons. The minimum absolute atomic E-state index is 0.00411. The number of hydrogen-bond acceptors (Lipinski definition) is 7. The molecule has 0 heterocycles. The van der Waals surface area contributed by atoms with Gasteiger partial charge >= 0.3 is 11.9 Å². The van der Waals surface area contributed by atoms with Crippen molar-refractivity contribution in [2.45, 2.75) is 50.4 Å². The number of aliphatic carboxylic acids is 2. The second kappa shape index (κ2) is 11.0. The Hall–Kier alpha value is -3.18. The van der Waals surface area contributed by atoms with Gasteiger partial charge in [-0.15, -0.1) is 0 Å². The van der Waals surface area contributed by atoms with Crippen LogP contribution in [0.2, 0.25) is 0 Å². The number of carboxylic acid groups (broad SMARTS) is 2. The predicted molar refractivity (Wildman–Crippen MR) is 99.8 cm³/mol. The van der Waals surface area contributed by atoms with E-state index in [1.54, 1.807) is 0 Å². The largest absolute Gasteiger partial charge is 0.508 e. The van der Waals surface area contributed by atoms with Gasteiger partial charge < -0.3 is 36.8 Å². The van der Waals surface area contributed by atoms with E-state index in [1.807, 2.05) is 0 Å². The van der Waals surface area contributed by atoms with Crippen LogP contribution < -0.4 is 16.4 Å². The average Bonchev–Trinajstić information content (AvgIpc) is 2.64. The van der Waals surface area contributed by atoms with E-state index in [-0.39, 0.29) is 18.6 Å². The maximum atomic E-state index is 12.5. The normalized spacial score (nSPS) is 14.9. The highest BCUT2D eigenvalue weighted by atomic mass is 16.4. The summed E-state index contributed by atoms with van der Waals surface area (Å²) < 4.78 is 0. The van der Waals surface area contributed by atoms with Crippen LogP contribution in [0.1, 0.15) is 25.3 Å². The number of phenols is 1. The molecule has 11 nitrogen and oxygen atoms in total. The van der Waals surface area contributed by atoms with Crippen LogP contribution in [-0.4, -0.2) is 68.4 Å². The Morgan fingerprint density at radius 3 is 2.03 bits per heavy atom. The van der Waals surface area contributed by atoms with Crippen molar-refractivity contribution in [2.24, 2.45) is 5.73 Å². The molecule has 0 aliphatic rings. The molecule has 4 unspecified atom stereocenters. The van der Waals surface area contributed by atoms with Gasteiger partial charge in [-0.1, -0.05) is 12.1 Å². The number of carboxylic acids is 2. The number of aliphatic hydroxyl groups is 1. The Bertz CT molecular complexity index is 735. The van der Waals surface area contributed by atoms with E-state index in [0.717, 1.165) is 0 Å². The smallest absolute Gasteiger partial charge is 0.326 e. The van der Waals surface area contributed by atoms with E-state index in [9.17, 15) is 34.5 Å². The maximum absolute atomic E-state index is 12.5. The Balaban J connectivity index is 2.90. The molecule has 160 valence electrons. The summed E-state index contributed by atoms with van der Waals surface area (Å²) in [6, 6.07) is 1.65. The first-order chi connectivity index (χ1) is 13.5. The number of aromatic hydroxyl groups is 1. The van der Waals surface area contributed by atoms with E-state index in [1.165, 1.54) is 31.2 Å². The molecule has 1 aromatic carbocycles. The number of carbonyl (C=O) groups excluding carboxylic acids is 2. The summed E-state index contributed by atoms with van der Waals surface area (Å²) in [4.78, 5) is 46.9. The molecule has 1 aromatic rings. The van der Waals surface area contributed by atoms with Gasteiger partial charge in [0.05, 0.1) is 6.10 Å². The fourth-order valence-electron chi connectivity index (χ4n) is 2.36. The monoisotopic (exact) mass is 411 g/mol. The molecule has 0 aliphatic carbocycles. The van der Waals surface area contributed by atoms with E-state index in [0.29, 0.717) is 5.56 Å². The van der Waals surface area contributed by atoms with Crippen LogP contribution in [0.3, 0.4) is 0 Å². The third-order valence-corrected chi connectivity index (χ3v) is 4.09. The van der Waals surface area contributed by atoms with Crippen LogP contribution in [0.4, 0.5) is 0 Å². The second-order valence-electron chi connectivity index (χ2n) is 6.53. The lowest BCUT2D eigenvalue weighted by Gasteiger charge is -2.23. The van der Waals surface area contributed by atoms with Crippen LogP contribution in [0.5, 0.6) is 5.75 Å². The molecule has 4 atom stereocenters. The number of nitrogens with one attached hydrogen (secondary N) is 2. The fourth-order valence-corrected chi connectivity index (χ4v) is 2.36. The lowest BCUT2D eigenvalue weighted by molar-refractivity contribution is -0.143. The van der Waals surface area contributed by atoms with Crippen LogP contribution in [0.15, 0.2) is 24.3 Å². The SMILES string of the molecule is CC(O)C(N)C(=O)NC(CCC(=O)O)C(=O)NC(Cc1ccc(O)cc1)C(=O)O. The van der Waals surface area contributed by atoms with Gasteiger partial charge in [0.25, 0.3) is 0 Å². The second-order valence-corrected chi connectivity index (χ2v) is 6.53. The van der Waals surface area contributed by atoms with E-state index >= 15 is 0 Å². The number of rotatable bonds is 11. The highest BCUT2D eigenvalue weighted by Gasteiger charge is 2.29. The molecule has 0 saturated heterocycles. The quantitative estimate of drug-likeness (QED) is 0.228. The van der Waals surface area contributed by atoms with Crippen molar-refractivity contribution in [3.63, 3.8) is 0 Å². The third kappa shape index (κ3) is 8.15. The van der Waals surface area contributed by atoms with Gasteiger partial charge in [-0.05, 0) is 31.0 Å². The summed E-state index contributed by atoms with van der Waals surface area (Å²) in [6.07, 6.45) is -2.07. The van der Waals surface area contributed by atoms with E-state index in [2.05, 4.69) is 10.6 Å². The first kappa shape index (κ1) is 23.9. The van der Waals surface area contributed by atoms with Gasteiger partial charge in [0, 0.05) is 12.8 Å². The lowest BCUT2D eigenvalue weighted by Crippen LogP contribution is -2.56. The van der Waals surface area contributed by atoms with Crippen molar-refractivity contribution in [3.05, 3.63) is 29.8 Å². The van der Waals surface area contributed by atoms with Crippen molar-refractivity contribution < 1.29 is 39.6 Å². The highest BCUT2D eigenvalue weighted by Crippen LogP contribution is 2.12. The summed E-state index contributed by atoms with van der Waals surface area (Å²) >= 11 is 0. The predicted octanol–water partition coefficient (Wildman–Crippen LogP) is -1.44. The summed E-state index contributed by atoms with van der Waals surface area (Å²) in [7, 11) is 0. The summed E-state index contributed by atoms with van der Waals surface area (Å²) in [5.74, 6) is -4.33. The van der Waals surface area contributed by atoms with Gasteiger partial charge in [0.15, 0.2) is 0 Å². The molecule has 0 bridgehead atoms. The number of hydrogen-bond donors (Lipinski definition) is 7. The first-order valence-electron chi connectivity index (χ1n) is 8.78. The maximum Gasteiger partial charge on any atom is 0.326 e. The number of amides is 2. The molecule has 11 heteroatoms. The Morgan fingerprint density at radius 2 is 1.55 bits per heavy atom. The van der Waals surface area contributed by atoms with Crippen molar-refractivity contribution >= 4 is 23.8 Å². The zero-order valence-corrected chi connectivity index (χ0v) is 15.7. The van der Waals surface area contributed by atoms with Crippen molar-refractivity contribution in [1.82, 2.24) is 10.6 Å². The summed E-state index contributed by atoms with van der Waals surface area (Å²) in [6.45, 7) is 1.27. The van der Waals surface area contributed by atoms with Gasteiger partial charge in [0.2, 0.25) is 11.8 Å². The molecular weight excluding hydrogens is 386 g/mol.